The zero-order valence-corrected chi connectivity index (χ0v) is 19.0. The molecule has 0 amide bonds. The van der Waals surface area contributed by atoms with Crippen molar-refractivity contribution in [2.45, 2.75) is 129 Å². The van der Waals surface area contributed by atoms with Crippen molar-refractivity contribution in [2.75, 3.05) is 0 Å². The first-order chi connectivity index (χ1) is 12.4. The molecule has 0 saturated carbocycles. The van der Waals surface area contributed by atoms with Crippen LogP contribution < -0.4 is 0 Å². The van der Waals surface area contributed by atoms with Crippen LogP contribution in [0.2, 0.25) is 0 Å². The third-order valence-corrected chi connectivity index (χ3v) is 7.20. The van der Waals surface area contributed by atoms with Gasteiger partial charge in [0.25, 0.3) is 0 Å². The second kappa shape index (κ2) is 17.4. The molecule has 0 fully saturated rings. The molecule has 1 aromatic rings. The van der Waals surface area contributed by atoms with Gasteiger partial charge in [0.05, 0.1) is 0 Å². The molecular weight excluding hydrogens is 367 g/mol. The molecule has 0 nitrogen and oxygen atoms in total. The Morgan fingerprint density at radius 3 is 1.16 bits per heavy atom. The number of rotatable bonds is 18. The third kappa shape index (κ3) is 12.9. The predicted molar refractivity (Wildman–Crippen MR) is 116 cm³/mol. The van der Waals surface area contributed by atoms with Gasteiger partial charge in [-0.25, -0.2) is 0 Å². The minimum atomic E-state index is 0.672. The van der Waals surface area contributed by atoms with Crippen molar-refractivity contribution in [2.24, 2.45) is 0 Å². The van der Waals surface area contributed by atoms with Gasteiger partial charge in [-0.15, -0.1) is 0 Å². The molecule has 0 aliphatic rings. The fourth-order valence-electron chi connectivity index (χ4n) is 3.69. The van der Waals surface area contributed by atoms with Gasteiger partial charge in [0.2, 0.25) is 0 Å². The van der Waals surface area contributed by atoms with E-state index in [2.05, 4.69) is 23.7 Å². The molecule has 0 atom stereocenters. The molecule has 1 aromatic heterocycles. The van der Waals surface area contributed by atoms with E-state index in [4.69, 9.17) is 0 Å². The van der Waals surface area contributed by atoms with Crippen LogP contribution in [0.25, 0.3) is 0 Å². The van der Waals surface area contributed by atoms with E-state index in [9.17, 15) is 0 Å². The van der Waals surface area contributed by atoms with Crippen molar-refractivity contribution >= 4 is 14.5 Å². The molecular formula is C24H44Se. The van der Waals surface area contributed by atoms with E-state index in [0.29, 0.717) is 14.5 Å². The number of aryl methyl sites for hydroxylation is 2. The van der Waals surface area contributed by atoms with Gasteiger partial charge < -0.3 is 0 Å². The average Bonchev–Trinajstić information content (AvgIpc) is 3.07. The van der Waals surface area contributed by atoms with Gasteiger partial charge in [-0.3, -0.25) is 0 Å². The first-order valence-corrected chi connectivity index (χ1v) is 13.4. The number of hydrogen-bond acceptors (Lipinski definition) is 0. The summed E-state index contributed by atoms with van der Waals surface area (Å²) in [5.74, 6) is 0. The first-order valence-electron chi connectivity index (χ1n) is 11.4. The van der Waals surface area contributed by atoms with E-state index in [1.165, 1.54) is 116 Å². The van der Waals surface area contributed by atoms with E-state index in [-0.39, 0.29) is 0 Å². The van der Waals surface area contributed by atoms with Crippen molar-refractivity contribution in [1.29, 1.82) is 0 Å². The summed E-state index contributed by atoms with van der Waals surface area (Å²) in [6, 6.07) is 0. The van der Waals surface area contributed by atoms with Crippen LogP contribution in [0.15, 0.2) is 9.88 Å². The van der Waals surface area contributed by atoms with Crippen LogP contribution in [-0.4, -0.2) is 14.5 Å². The Hall–Kier alpha value is -0.000519. The van der Waals surface area contributed by atoms with Gasteiger partial charge in [0.15, 0.2) is 0 Å². The Kier molecular flexibility index (Phi) is 16.0. The molecule has 0 radical (unpaired) electrons. The Balaban J connectivity index is 2.00. The molecule has 0 aromatic carbocycles. The minimum absolute atomic E-state index is 0.672. The molecule has 0 spiro atoms. The Labute approximate surface area is 164 Å². The molecule has 0 saturated heterocycles. The van der Waals surface area contributed by atoms with Gasteiger partial charge >= 0.3 is 165 Å². The van der Waals surface area contributed by atoms with Crippen molar-refractivity contribution in [3.8, 4) is 0 Å². The zero-order valence-electron chi connectivity index (χ0n) is 17.3. The van der Waals surface area contributed by atoms with E-state index >= 15 is 0 Å². The van der Waals surface area contributed by atoms with E-state index in [0.717, 1.165) is 0 Å². The van der Waals surface area contributed by atoms with Crippen LogP contribution >= 0.6 is 0 Å². The number of hydrogen-bond donors (Lipinski definition) is 0. The van der Waals surface area contributed by atoms with Gasteiger partial charge in [0, 0.05) is 0 Å². The molecule has 0 aliphatic heterocycles. The Morgan fingerprint density at radius 2 is 0.800 bits per heavy atom. The summed E-state index contributed by atoms with van der Waals surface area (Å²) >= 11 is 0.672. The fourth-order valence-corrected chi connectivity index (χ4v) is 5.65. The summed E-state index contributed by atoms with van der Waals surface area (Å²) in [6.45, 7) is 4.60. The molecule has 1 heteroatoms. The summed E-state index contributed by atoms with van der Waals surface area (Å²) in [4.78, 5) is 5.13. The molecule has 1 rings (SSSR count). The number of unbranched alkanes of at least 4 members (excludes halogenated alkanes) is 14. The summed E-state index contributed by atoms with van der Waals surface area (Å²) in [6.07, 6.45) is 25.7. The summed E-state index contributed by atoms with van der Waals surface area (Å²) < 4.78 is 0. The van der Waals surface area contributed by atoms with Gasteiger partial charge in [-0.1, -0.05) is 0 Å². The molecule has 0 bridgehead atoms. The monoisotopic (exact) mass is 412 g/mol. The van der Waals surface area contributed by atoms with Crippen molar-refractivity contribution < 1.29 is 0 Å². The van der Waals surface area contributed by atoms with Crippen LogP contribution in [0.4, 0.5) is 0 Å². The molecule has 0 unspecified atom stereocenters. The van der Waals surface area contributed by atoms with Crippen LogP contribution in [0.3, 0.4) is 0 Å². The average molecular weight is 412 g/mol. The molecule has 146 valence electrons. The zero-order chi connectivity index (χ0) is 18.0. The van der Waals surface area contributed by atoms with E-state index in [1.807, 2.05) is 0 Å². The SMILES string of the molecule is CCCCCCCCCCc1c[se]cc1CCCCCCCCCC. The van der Waals surface area contributed by atoms with E-state index in [1.54, 1.807) is 11.1 Å². The topological polar surface area (TPSA) is 0 Å². The summed E-state index contributed by atoms with van der Waals surface area (Å²) in [5, 5.41) is 0. The van der Waals surface area contributed by atoms with Gasteiger partial charge in [-0.05, 0) is 0 Å². The van der Waals surface area contributed by atoms with Gasteiger partial charge in [-0.2, -0.15) is 0 Å². The molecule has 1 heterocycles. The van der Waals surface area contributed by atoms with Crippen LogP contribution in [0.1, 0.15) is 128 Å². The standard InChI is InChI=1S/C24H44Se/c1-3-5-7-9-11-13-15-17-19-23-21-25-22-24(23)20-18-16-14-12-10-8-6-4-2/h21-22H,3-20H2,1-2H3. The maximum atomic E-state index is 2.56. The maximum absolute atomic E-state index is 2.56. The molecule has 0 aliphatic carbocycles. The summed E-state index contributed by atoms with van der Waals surface area (Å²) in [7, 11) is 0. The molecule has 25 heavy (non-hydrogen) atoms. The van der Waals surface area contributed by atoms with Crippen LogP contribution in [0.5, 0.6) is 0 Å². The second-order valence-electron chi connectivity index (χ2n) is 7.87. The van der Waals surface area contributed by atoms with E-state index < -0.39 is 0 Å². The Bertz CT molecular complexity index is 345. The predicted octanol–water partition coefficient (Wildman–Crippen LogP) is 8.11. The van der Waals surface area contributed by atoms with Crippen molar-refractivity contribution in [3.63, 3.8) is 0 Å². The third-order valence-electron chi connectivity index (χ3n) is 5.43. The Morgan fingerprint density at radius 1 is 0.480 bits per heavy atom. The first kappa shape index (κ1) is 23.0. The van der Waals surface area contributed by atoms with Crippen molar-refractivity contribution in [1.82, 2.24) is 0 Å². The molecule has 0 N–H and O–H groups in total. The normalized spacial score (nSPS) is 11.3. The van der Waals surface area contributed by atoms with Crippen LogP contribution in [0, 0.1) is 0 Å². The fraction of sp³-hybridized carbons (Fsp3) is 0.833. The quantitative estimate of drug-likeness (QED) is 0.169. The van der Waals surface area contributed by atoms with Crippen molar-refractivity contribution in [3.05, 3.63) is 21.0 Å². The van der Waals surface area contributed by atoms with Gasteiger partial charge in [0.1, 0.15) is 0 Å². The second-order valence-corrected chi connectivity index (χ2v) is 9.43. The van der Waals surface area contributed by atoms with Crippen LogP contribution in [-0.2, 0) is 12.8 Å². The summed E-state index contributed by atoms with van der Waals surface area (Å²) in [5.41, 5.74) is 3.46.